The summed E-state index contributed by atoms with van der Waals surface area (Å²) in [7, 11) is 0. The highest BCUT2D eigenvalue weighted by atomic mass is 16.2. The van der Waals surface area contributed by atoms with Crippen LogP contribution in [0.4, 0.5) is 4.79 Å². The Morgan fingerprint density at radius 3 is 2.50 bits per heavy atom. The second kappa shape index (κ2) is 6.54. The molecule has 5 nitrogen and oxygen atoms in total. The number of ketones is 1. The molecular weight excluding hydrogens is 230 g/mol. The molecule has 0 spiro atoms. The molecule has 0 aliphatic rings. The second-order valence-electron chi connectivity index (χ2n) is 4.13. The number of carbonyl (C=O) groups excluding carboxylic acids is 2. The molecular formula is C13H17N3O2. The van der Waals surface area contributed by atoms with Crippen LogP contribution < -0.4 is 11.2 Å². The molecule has 1 aromatic rings. The van der Waals surface area contributed by atoms with E-state index in [1.807, 2.05) is 37.3 Å². The number of benzene rings is 1. The third kappa shape index (κ3) is 4.37. The fraction of sp³-hybridized carbons (Fsp3) is 0.308. The zero-order chi connectivity index (χ0) is 13.5. The van der Waals surface area contributed by atoms with E-state index >= 15 is 0 Å². The summed E-state index contributed by atoms with van der Waals surface area (Å²) >= 11 is 0. The van der Waals surface area contributed by atoms with E-state index in [9.17, 15) is 9.59 Å². The van der Waals surface area contributed by atoms with E-state index in [1.54, 1.807) is 6.92 Å². The van der Waals surface area contributed by atoms with Crippen molar-refractivity contribution in [3.8, 4) is 0 Å². The van der Waals surface area contributed by atoms with Crippen molar-refractivity contribution in [1.29, 1.82) is 0 Å². The Morgan fingerprint density at radius 1 is 1.33 bits per heavy atom. The van der Waals surface area contributed by atoms with Gasteiger partial charge >= 0.3 is 6.03 Å². The number of nitrogens with zero attached hydrogens (tertiary/aromatic N) is 1. The summed E-state index contributed by atoms with van der Waals surface area (Å²) in [6.07, 6.45) is 0.642. The van der Waals surface area contributed by atoms with Gasteiger partial charge in [-0.25, -0.2) is 10.2 Å². The van der Waals surface area contributed by atoms with E-state index in [1.165, 1.54) is 0 Å². The lowest BCUT2D eigenvalue weighted by molar-refractivity contribution is -0.116. The van der Waals surface area contributed by atoms with E-state index < -0.39 is 6.03 Å². The minimum atomic E-state index is -0.780. The van der Waals surface area contributed by atoms with Crippen molar-refractivity contribution in [2.24, 2.45) is 16.8 Å². The molecule has 0 heterocycles. The molecule has 0 aromatic heterocycles. The average Bonchev–Trinajstić information content (AvgIpc) is 2.36. The molecule has 1 rings (SSSR count). The Balaban J connectivity index is 2.61. The zero-order valence-electron chi connectivity index (χ0n) is 10.5. The Labute approximate surface area is 106 Å². The molecule has 3 N–H and O–H groups in total. The fourth-order valence-corrected chi connectivity index (χ4v) is 1.61. The van der Waals surface area contributed by atoms with Gasteiger partial charge in [-0.05, 0) is 18.9 Å². The van der Waals surface area contributed by atoms with E-state index in [2.05, 4.69) is 10.5 Å². The molecule has 0 aliphatic heterocycles. The lowest BCUT2D eigenvalue weighted by atomic mass is 9.95. The van der Waals surface area contributed by atoms with Crippen LogP contribution in [0.15, 0.2) is 35.4 Å². The van der Waals surface area contributed by atoms with Crippen molar-refractivity contribution in [3.05, 3.63) is 35.9 Å². The van der Waals surface area contributed by atoms with Crippen LogP contribution >= 0.6 is 0 Å². The number of amides is 2. The molecule has 96 valence electrons. The first-order valence-corrected chi connectivity index (χ1v) is 5.68. The van der Waals surface area contributed by atoms with Gasteiger partial charge in [0.25, 0.3) is 0 Å². The van der Waals surface area contributed by atoms with Gasteiger partial charge in [0.05, 0.1) is 0 Å². The van der Waals surface area contributed by atoms with Crippen LogP contribution in [0.5, 0.6) is 0 Å². The number of hydrazone groups is 1. The molecule has 0 radical (unpaired) electrons. The van der Waals surface area contributed by atoms with Crippen LogP contribution in [-0.2, 0) is 11.2 Å². The van der Waals surface area contributed by atoms with E-state index in [0.29, 0.717) is 6.42 Å². The van der Waals surface area contributed by atoms with Gasteiger partial charge in [-0.15, -0.1) is 0 Å². The monoisotopic (exact) mass is 247 g/mol. The maximum atomic E-state index is 11.9. The van der Waals surface area contributed by atoms with Gasteiger partial charge in [0.15, 0.2) is 5.78 Å². The lowest BCUT2D eigenvalue weighted by Crippen LogP contribution is -2.29. The number of hydrogen-bond donors (Lipinski definition) is 2. The van der Waals surface area contributed by atoms with Gasteiger partial charge in [0, 0.05) is 5.92 Å². The molecule has 0 saturated heterocycles. The van der Waals surface area contributed by atoms with Gasteiger partial charge < -0.3 is 5.73 Å². The highest BCUT2D eigenvalue weighted by Crippen LogP contribution is 2.09. The van der Waals surface area contributed by atoms with Crippen LogP contribution in [-0.4, -0.2) is 17.5 Å². The summed E-state index contributed by atoms with van der Waals surface area (Å²) in [6.45, 7) is 3.39. The highest BCUT2D eigenvalue weighted by molar-refractivity contribution is 6.39. The molecule has 0 bridgehead atoms. The summed E-state index contributed by atoms with van der Waals surface area (Å²) in [4.78, 5) is 22.4. The first kappa shape index (κ1) is 13.9. The molecule has 0 saturated carbocycles. The van der Waals surface area contributed by atoms with Gasteiger partial charge in [-0.2, -0.15) is 5.10 Å². The van der Waals surface area contributed by atoms with Crippen molar-refractivity contribution in [2.45, 2.75) is 20.3 Å². The minimum absolute atomic E-state index is 0.104. The molecule has 0 aliphatic carbocycles. The number of primary amides is 1. The van der Waals surface area contributed by atoms with Gasteiger partial charge in [0.1, 0.15) is 5.71 Å². The number of rotatable bonds is 5. The topological polar surface area (TPSA) is 84.5 Å². The predicted molar refractivity (Wildman–Crippen MR) is 70.1 cm³/mol. The highest BCUT2D eigenvalue weighted by Gasteiger charge is 2.16. The fourth-order valence-electron chi connectivity index (χ4n) is 1.61. The normalized spacial score (nSPS) is 12.9. The standard InChI is InChI=1S/C13H17N3O2/c1-9(8-11-6-4-3-5-7-11)12(17)10(2)15-16-13(14)18/h3-7,9H,8H2,1-2H3,(H3,14,16,18)/b15-10-/t9-/m0/s1. The van der Waals surface area contributed by atoms with Crippen molar-refractivity contribution >= 4 is 17.5 Å². The van der Waals surface area contributed by atoms with Crippen LogP contribution in [0, 0.1) is 5.92 Å². The molecule has 1 aromatic carbocycles. The lowest BCUT2D eigenvalue weighted by Gasteiger charge is -2.10. The van der Waals surface area contributed by atoms with Crippen molar-refractivity contribution in [2.75, 3.05) is 0 Å². The second-order valence-corrected chi connectivity index (χ2v) is 4.13. The van der Waals surface area contributed by atoms with Gasteiger partial charge in [-0.3, -0.25) is 4.79 Å². The SMILES string of the molecule is C/C(=N/NC(N)=O)C(=O)[C@@H](C)Cc1ccccc1. The summed E-state index contributed by atoms with van der Waals surface area (Å²) in [5.41, 5.74) is 8.26. The van der Waals surface area contributed by atoms with Crippen LogP contribution in [0.3, 0.4) is 0 Å². The van der Waals surface area contributed by atoms with E-state index in [-0.39, 0.29) is 17.4 Å². The zero-order valence-corrected chi connectivity index (χ0v) is 10.5. The Hall–Kier alpha value is -2.17. The summed E-state index contributed by atoms with van der Waals surface area (Å²) in [5.74, 6) is -0.293. The number of hydrogen-bond acceptors (Lipinski definition) is 3. The molecule has 18 heavy (non-hydrogen) atoms. The van der Waals surface area contributed by atoms with Crippen molar-refractivity contribution in [1.82, 2.24) is 5.43 Å². The number of carbonyl (C=O) groups is 2. The van der Waals surface area contributed by atoms with E-state index in [4.69, 9.17) is 5.73 Å². The maximum absolute atomic E-state index is 11.9. The van der Waals surface area contributed by atoms with Crippen LogP contribution in [0.25, 0.3) is 0 Å². The Kier molecular flexibility index (Phi) is 5.05. The summed E-state index contributed by atoms with van der Waals surface area (Å²) < 4.78 is 0. The number of nitrogens with one attached hydrogen (secondary N) is 1. The molecule has 1 atom stereocenters. The molecule has 0 fully saturated rings. The first-order chi connectivity index (χ1) is 8.50. The number of nitrogens with two attached hydrogens (primary N) is 1. The van der Waals surface area contributed by atoms with Crippen molar-refractivity contribution in [3.63, 3.8) is 0 Å². The third-order valence-electron chi connectivity index (χ3n) is 2.52. The summed E-state index contributed by atoms with van der Waals surface area (Å²) in [5, 5.41) is 3.63. The molecule has 2 amide bonds. The van der Waals surface area contributed by atoms with Crippen LogP contribution in [0.1, 0.15) is 19.4 Å². The van der Waals surface area contributed by atoms with Gasteiger partial charge in [-0.1, -0.05) is 37.3 Å². The summed E-state index contributed by atoms with van der Waals surface area (Å²) in [6, 6.07) is 8.96. The maximum Gasteiger partial charge on any atom is 0.332 e. The number of urea groups is 1. The minimum Gasteiger partial charge on any atom is -0.350 e. The average molecular weight is 247 g/mol. The predicted octanol–water partition coefficient (Wildman–Crippen LogP) is 1.48. The molecule has 5 heteroatoms. The van der Waals surface area contributed by atoms with Crippen molar-refractivity contribution < 1.29 is 9.59 Å². The smallest absolute Gasteiger partial charge is 0.332 e. The van der Waals surface area contributed by atoms with E-state index in [0.717, 1.165) is 5.56 Å². The first-order valence-electron chi connectivity index (χ1n) is 5.68. The Morgan fingerprint density at radius 2 is 1.94 bits per heavy atom. The largest absolute Gasteiger partial charge is 0.350 e. The van der Waals surface area contributed by atoms with Crippen LogP contribution in [0.2, 0.25) is 0 Å². The third-order valence-corrected chi connectivity index (χ3v) is 2.52. The Bertz CT molecular complexity index is 455. The number of Topliss-reactive ketones (excluding diaryl/α,β-unsaturated/α-hetero) is 1. The van der Waals surface area contributed by atoms with Gasteiger partial charge in [0.2, 0.25) is 0 Å². The quantitative estimate of drug-likeness (QED) is 0.610. The molecule has 0 unspecified atom stereocenters.